The summed E-state index contributed by atoms with van der Waals surface area (Å²) in [7, 11) is 1.63. The van der Waals surface area contributed by atoms with Gasteiger partial charge in [-0.3, -0.25) is 9.59 Å². The molecular formula is C25H30N2O3. The minimum absolute atomic E-state index is 0.00847. The smallest absolute Gasteiger partial charge is 0.255 e. The summed E-state index contributed by atoms with van der Waals surface area (Å²) in [4.78, 5) is 28.9. The fourth-order valence-electron chi connectivity index (χ4n) is 4.91. The lowest BCUT2D eigenvalue weighted by Gasteiger charge is -2.49. The zero-order valence-electron chi connectivity index (χ0n) is 17.8. The minimum atomic E-state index is -0.889. The molecule has 30 heavy (non-hydrogen) atoms. The molecule has 2 aromatic rings. The monoisotopic (exact) mass is 406 g/mol. The van der Waals surface area contributed by atoms with E-state index in [-0.39, 0.29) is 17.9 Å². The van der Waals surface area contributed by atoms with Gasteiger partial charge in [0.2, 0.25) is 5.91 Å². The Morgan fingerprint density at radius 1 is 1.10 bits per heavy atom. The lowest BCUT2D eigenvalue weighted by molar-refractivity contribution is -0.133. The van der Waals surface area contributed by atoms with E-state index < -0.39 is 5.54 Å². The van der Waals surface area contributed by atoms with Crippen molar-refractivity contribution in [3.63, 3.8) is 0 Å². The molecule has 1 aliphatic carbocycles. The quantitative estimate of drug-likeness (QED) is 0.813. The van der Waals surface area contributed by atoms with Gasteiger partial charge in [-0.1, -0.05) is 49.6 Å². The van der Waals surface area contributed by atoms with E-state index in [1.807, 2.05) is 60.4 Å². The number of fused-ring (bicyclic) bond motifs is 1. The largest absolute Gasteiger partial charge is 0.497 e. The fraction of sp³-hybridized carbons (Fsp3) is 0.440. The van der Waals surface area contributed by atoms with Crippen LogP contribution in [0.2, 0.25) is 0 Å². The third-order valence-electron chi connectivity index (χ3n) is 6.57. The number of rotatable bonds is 5. The Bertz CT molecular complexity index is 918. The van der Waals surface area contributed by atoms with Crippen LogP contribution >= 0.6 is 0 Å². The van der Waals surface area contributed by atoms with Crippen LogP contribution in [0.15, 0.2) is 48.5 Å². The van der Waals surface area contributed by atoms with E-state index >= 15 is 0 Å². The highest BCUT2D eigenvalue weighted by Crippen LogP contribution is 2.37. The van der Waals surface area contributed by atoms with Crippen LogP contribution in [0.3, 0.4) is 0 Å². The molecule has 0 bridgehead atoms. The first-order valence-electron chi connectivity index (χ1n) is 10.9. The summed E-state index contributed by atoms with van der Waals surface area (Å²) < 4.78 is 5.20. The summed E-state index contributed by atoms with van der Waals surface area (Å²) in [6.45, 7) is 2.35. The first-order chi connectivity index (χ1) is 14.5. The van der Waals surface area contributed by atoms with Gasteiger partial charge in [0.05, 0.1) is 7.11 Å². The van der Waals surface area contributed by atoms with E-state index in [9.17, 15) is 9.59 Å². The van der Waals surface area contributed by atoms with E-state index in [2.05, 4.69) is 5.32 Å². The molecule has 0 spiro atoms. The van der Waals surface area contributed by atoms with Crippen molar-refractivity contribution in [2.45, 2.75) is 63.6 Å². The van der Waals surface area contributed by atoms with Gasteiger partial charge in [0, 0.05) is 24.6 Å². The van der Waals surface area contributed by atoms with Crippen molar-refractivity contribution in [2.75, 3.05) is 7.11 Å². The normalized spacial score (nSPS) is 21.8. The predicted molar refractivity (Wildman–Crippen MR) is 116 cm³/mol. The van der Waals surface area contributed by atoms with Gasteiger partial charge in [0.15, 0.2) is 0 Å². The molecule has 1 N–H and O–H groups in total. The average Bonchev–Trinajstić information content (AvgIpc) is 2.78. The molecule has 2 aliphatic rings. The lowest BCUT2D eigenvalue weighted by Crippen LogP contribution is -2.65. The molecule has 2 aromatic carbocycles. The molecule has 0 radical (unpaired) electrons. The highest BCUT2D eigenvalue weighted by Gasteiger charge is 2.49. The minimum Gasteiger partial charge on any atom is -0.497 e. The highest BCUT2D eigenvalue weighted by atomic mass is 16.5. The van der Waals surface area contributed by atoms with Gasteiger partial charge in [-0.15, -0.1) is 0 Å². The third-order valence-corrected chi connectivity index (χ3v) is 6.57. The number of carbonyl (C=O) groups is 2. The van der Waals surface area contributed by atoms with Gasteiger partial charge < -0.3 is 15.0 Å². The van der Waals surface area contributed by atoms with Crippen LogP contribution in [0.5, 0.6) is 5.75 Å². The topological polar surface area (TPSA) is 58.6 Å². The van der Waals surface area contributed by atoms with Crippen molar-refractivity contribution < 1.29 is 14.3 Å². The summed E-state index contributed by atoms with van der Waals surface area (Å²) >= 11 is 0. The highest BCUT2D eigenvalue weighted by molar-refractivity contribution is 6.02. The Kier molecular flexibility index (Phi) is 5.80. The maximum atomic E-state index is 13.5. The molecule has 0 saturated heterocycles. The van der Waals surface area contributed by atoms with Crippen molar-refractivity contribution >= 4 is 11.8 Å². The van der Waals surface area contributed by atoms with Crippen LogP contribution in [0.1, 0.15) is 60.5 Å². The summed E-state index contributed by atoms with van der Waals surface area (Å²) in [5.41, 5.74) is 1.81. The van der Waals surface area contributed by atoms with Gasteiger partial charge in [-0.05, 0) is 49.1 Å². The zero-order valence-corrected chi connectivity index (χ0v) is 17.8. The maximum absolute atomic E-state index is 13.5. The van der Waals surface area contributed by atoms with Crippen LogP contribution in [0.25, 0.3) is 0 Å². The Hall–Kier alpha value is -2.82. The molecule has 2 amide bonds. The second-order valence-corrected chi connectivity index (χ2v) is 8.61. The Morgan fingerprint density at radius 3 is 2.50 bits per heavy atom. The molecule has 5 heteroatoms. The molecule has 1 saturated carbocycles. The van der Waals surface area contributed by atoms with Crippen LogP contribution < -0.4 is 10.1 Å². The van der Waals surface area contributed by atoms with Gasteiger partial charge >= 0.3 is 0 Å². The number of hydrogen-bond donors (Lipinski definition) is 1. The van der Waals surface area contributed by atoms with Crippen molar-refractivity contribution in [1.29, 1.82) is 0 Å². The average molecular weight is 407 g/mol. The number of benzene rings is 2. The summed E-state index contributed by atoms with van der Waals surface area (Å²) in [6.07, 6.45) is 5.90. The Labute approximate surface area is 178 Å². The number of hydrogen-bond acceptors (Lipinski definition) is 3. The Morgan fingerprint density at radius 2 is 1.80 bits per heavy atom. The maximum Gasteiger partial charge on any atom is 0.255 e. The van der Waals surface area contributed by atoms with E-state index in [1.165, 1.54) is 6.42 Å². The number of carbonyl (C=O) groups excluding carboxylic acids is 2. The van der Waals surface area contributed by atoms with Gasteiger partial charge in [0.1, 0.15) is 11.3 Å². The number of methoxy groups -OCH3 is 1. The second kappa shape index (κ2) is 8.50. The molecule has 1 unspecified atom stereocenters. The van der Waals surface area contributed by atoms with Gasteiger partial charge in [0.25, 0.3) is 5.91 Å². The van der Waals surface area contributed by atoms with Crippen LogP contribution in [0.4, 0.5) is 0 Å². The number of nitrogens with one attached hydrogen (secondary N) is 1. The molecule has 1 atom stereocenters. The van der Waals surface area contributed by atoms with Crippen molar-refractivity contribution in [3.8, 4) is 5.75 Å². The number of nitrogens with zero attached hydrogens (tertiary/aromatic N) is 1. The molecular weight excluding hydrogens is 376 g/mol. The molecule has 1 heterocycles. The fourth-order valence-corrected chi connectivity index (χ4v) is 4.91. The molecule has 1 fully saturated rings. The van der Waals surface area contributed by atoms with E-state index in [0.29, 0.717) is 13.0 Å². The van der Waals surface area contributed by atoms with Crippen LogP contribution in [0, 0.1) is 0 Å². The second-order valence-electron chi connectivity index (χ2n) is 8.61. The number of amides is 2. The third kappa shape index (κ3) is 3.81. The SMILES string of the molecule is COc1ccc(CNC(=O)C2(C)Cc3ccccc3C(=O)N2C2CCCCC2)cc1. The van der Waals surface area contributed by atoms with Gasteiger partial charge in [-0.2, -0.15) is 0 Å². The van der Waals surface area contributed by atoms with E-state index in [0.717, 1.165) is 48.1 Å². The number of ether oxygens (including phenoxy) is 1. The van der Waals surface area contributed by atoms with E-state index in [4.69, 9.17) is 4.74 Å². The molecule has 5 nitrogen and oxygen atoms in total. The summed E-state index contributed by atoms with van der Waals surface area (Å²) in [5.74, 6) is 0.688. The molecule has 0 aromatic heterocycles. The summed E-state index contributed by atoms with van der Waals surface area (Å²) in [6, 6.07) is 15.5. The standard InChI is InChI=1S/C25H30N2O3/c1-25(24(29)26-17-18-12-14-21(30-2)15-13-18)16-19-8-6-7-11-22(19)23(28)27(25)20-9-4-3-5-10-20/h6-8,11-15,20H,3-5,9-10,16-17H2,1-2H3,(H,26,29). The lowest BCUT2D eigenvalue weighted by atomic mass is 9.79. The van der Waals surface area contributed by atoms with E-state index in [1.54, 1.807) is 7.11 Å². The Balaban J connectivity index is 1.59. The first-order valence-corrected chi connectivity index (χ1v) is 10.9. The molecule has 4 rings (SSSR count). The summed E-state index contributed by atoms with van der Waals surface area (Å²) in [5, 5.41) is 3.09. The predicted octanol–water partition coefficient (Wildman–Crippen LogP) is 4.10. The van der Waals surface area contributed by atoms with Crippen LogP contribution in [-0.4, -0.2) is 35.4 Å². The van der Waals surface area contributed by atoms with Gasteiger partial charge in [-0.25, -0.2) is 0 Å². The zero-order chi connectivity index (χ0) is 21.1. The first kappa shape index (κ1) is 20.5. The molecule has 1 aliphatic heterocycles. The van der Waals surface area contributed by atoms with Crippen LogP contribution in [-0.2, 0) is 17.8 Å². The van der Waals surface area contributed by atoms with Crippen molar-refractivity contribution in [1.82, 2.24) is 10.2 Å². The van der Waals surface area contributed by atoms with Crippen molar-refractivity contribution in [3.05, 3.63) is 65.2 Å². The van der Waals surface area contributed by atoms with Crippen molar-refractivity contribution in [2.24, 2.45) is 0 Å². The molecule has 158 valence electrons.